The van der Waals surface area contributed by atoms with E-state index in [-0.39, 0.29) is 47.6 Å². The lowest BCUT2D eigenvalue weighted by Gasteiger charge is -2.49. The Morgan fingerprint density at radius 1 is 0.558 bits per heavy atom. The van der Waals surface area contributed by atoms with Gasteiger partial charge < -0.3 is 24.1 Å². The topological polar surface area (TPSA) is 103 Å². The molecule has 2 radical (unpaired) electrons. The van der Waals surface area contributed by atoms with Gasteiger partial charge in [0.15, 0.2) is 0 Å². The van der Waals surface area contributed by atoms with E-state index in [0.29, 0.717) is 13.2 Å². The Labute approximate surface area is 263 Å². The number of aliphatic hydroxyl groups is 1. The molecule has 0 spiro atoms. The third kappa shape index (κ3) is 13.5. The Balaban J connectivity index is 1.40. The Bertz CT molecular complexity index is 689. The van der Waals surface area contributed by atoms with Crippen molar-refractivity contribution < 1.29 is 34.5 Å². The second kappa shape index (κ2) is 17.0. The summed E-state index contributed by atoms with van der Waals surface area (Å²) in [5.74, 6) is 0. The first-order valence-corrected chi connectivity index (χ1v) is 16.9. The third-order valence-electron chi connectivity index (χ3n) is 9.01. The molecule has 0 bridgehead atoms. The molecule has 9 nitrogen and oxygen atoms in total. The summed E-state index contributed by atoms with van der Waals surface area (Å²) >= 11 is 0. The highest BCUT2D eigenvalue weighted by molar-refractivity contribution is 4.97. The summed E-state index contributed by atoms with van der Waals surface area (Å²) in [6.45, 7) is 21.1. The molecule has 0 aliphatic carbocycles. The lowest BCUT2D eigenvalue weighted by atomic mass is 9.80. The largest absolute Gasteiger partial charge is 0.385 e. The quantitative estimate of drug-likeness (QED) is 0.153. The maximum atomic E-state index is 12.5. The van der Waals surface area contributed by atoms with Crippen LogP contribution in [0.3, 0.4) is 0 Å². The average Bonchev–Trinajstić information content (AvgIpc) is 2.87. The van der Waals surface area contributed by atoms with Crippen LogP contribution >= 0.6 is 0 Å². The highest BCUT2D eigenvalue weighted by atomic mass is 16.5. The number of unbranched alkanes of at least 4 members (excludes halogenated alkanes) is 6. The van der Waals surface area contributed by atoms with Gasteiger partial charge in [-0.25, -0.2) is 0 Å². The maximum absolute atomic E-state index is 12.5. The van der Waals surface area contributed by atoms with Crippen LogP contribution in [0.15, 0.2) is 0 Å². The first-order valence-electron chi connectivity index (χ1n) is 16.9. The van der Waals surface area contributed by atoms with Crippen LogP contribution in [-0.4, -0.2) is 94.8 Å². The van der Waals surface area contributed by atoms with Crippen molar-refractivity contribution in [3.05, 3.63) is 0 Å². The summed E-state index contributed by atoms with van der Waals surface area (Å²) in [5, 5.41) is 38.0. The van der Waals surface area contributed by atoms with Crippen molar-refractivity contribution in [1.29, 1.82) is 0 Å². The van der Waals surface area contributed by atoms with Gasteiger partial charge in [-0.2, -0.15) is 0 Å². The number of ether oxygens (including phenoxy) is 4. The molecule has 9 heteroatoms. The lowest BCUT2D eigenvalue weighted by molar-refractivity contribution is -0.301. The van der Waals surface area contributed by atoms with Gasteiger partial charge in [-0.05, 0) is 114 Å². The standard InChI is InChI=1S/C34H66N2O7/c1-30(2)22-28(23-31(3,4)35(30)38)42-20-16-12-10-14-18-40-26-34(9,37)27-41-19-15-11-13-17-21-43-29-24-32(5,6)36(39)33(7,8)25-29/h28-29,37H,10-27H2,1-9H3. The molecule has 0 unspecified atom stereocenters. The van der Waals surface area contributed by atoms with E-state index in [0.717, 1.165) is 90.3 Å². The number of nitrogens with zero attached hydrogens (tertiary/aromatic N) is 2. The van der Waals surface area contributed by atoms with E-state index < -0.39 is 5.60 Å². The van der Waals surface area contributed by atoms with E-state index in [9.17, 15) is 15.5 Å². The fraction of sp³-hybridized carbons (Fsp3) is 1.00. The van der Waals surface area contributed by atoms with Gasteiger partial charge in [-0.1, -0.05) is 25.7 Å². The lowest BCUT2D eigenvalue weighted by Crippen LogP contribution is -2.59. The zero-order chi connectivity index (χ0) is 32.4. The predicted molar refractivity (Wildman–Crippen MR) is 169 cm³/mol. The molecule has 2 fully saturated rings. The SMILES string of the molecule is CC(O)(COCCCCCCOC1CC(C)(C)N([O])C(C)(C)C1)COCCCCCCOC1CC(C)(C)N([O])C(C)(C)C1. The fourth-order valence-electron chi connectivity index (χ4n) is 7.02. The molecule has 2 aliphatic heterocycles. The number of rotatable bonds is 20. The van der Waals surface area contributed by atoms with Gasteiger partial charge in [0.1, 0.15) is 5.60 Å². The van der Waals surface area contributed by atoms with E-state index in [1.54, 1.807) is 6.92 Å². The second-order valence-corrected chi connectivity index (χ2v) is 16.1. The molecule has 0 saturated carbocycles. The van der Waals surface area contributed by atoms with Crippen molar-refractivity contribution >= 4 is 0 Å². The van der Waals surface area contributed by atoms with E-state index >= 15 is 0 Å². The molecule has 254 valence electrons. The molecular formula is C34H66N2O7. The van der Waals surface area contributed by atoms with Gasteiger partial charge >= 0.3 is 0 Å². The van der Waals surface area contributed by atoms with Gasteiger partial charge in [0.25, 0.3) is 0 Å². The predicted octanol–water partition coefficient (Wildman–Crippen LogP) is 6.66. The summed E-state index contributed by atoms with van der Waals surface area (Å²) in [5.41, 5.74) is -2.53. The van der Waals surface area contributed by atoms with E-state index in [2.05, 4.69) is 0 Å². The van der Waals surface area contributed by atoms with Crippen molar-refractivity contribution in [3.8, 4) is 0 Å². The minimum Gasteiger partial charge on any atom is -0.385 e. The van der Waals surface area contributed by atoms with Gasteiger partial charge in [0.05, 0.1) is 25.4 Å². The molecule has 0 atom stereocenters. The first-order chi connectivity index (χ1) is 19.9. The normalized spacial score (nSPS) is 23.2. The summed E-state index contributed by atoms with van der Waals surface area (Å²) < 4.78 is 23.7. The van der Waals surface area contributed by atoms with Gasteiger partial charge in [0, 0.05) is 48.6 Å². The van der Waals surface area contributed by atoms with Gasteiger partial charge in [-0.3, -0.25) is 0 Å². The number of hydrogen-bond donors (Lipinski definition) is 1. The van der Waals surface area contributed by atoms with Crippen LogP contribution in [0.1, 0.15) is 139 Å². The maximum Gasteiger partial charge on any atom is 0.108 e. The number of piperidine rings is 2. The molecule has 2 saturated heterocycles. The first kappa shape index (κ1) is 38.8. The highest BCUT2D eigenvalue weighted by Gasteiger charge is 2.47. The smallest absolute Gasteiger partial charge is 0.108 e. The van der Waals surface area contributed by atoms with Crippen LogP contribution in [0.4, 0.5) is 0 Å². The molecular weight excluding hydrogens is 548 g/mol. The Hall–Kier alpha value is -0.360. The Kier molecular flexibility index (Phi) is 15.3. The van der Waals surface area contributed by atoms with E-state index in [1.807, 2.05) is 55.4 Å². The third-order valence-corrected chi connectivity index (χ3v) is 9.01. The zero-order valence-corrected chi connectivity index (χ0v) is 29.2. The van der Waals surface area contributed by atoms with Crippen molar-refractivity contribution in [3.63, 3.8) is 0 Å². The molecule has 2 heterocycles. The summed E-state index contributed by atoms with van der Waals surface area (Å²) in [4.78, 5) is 0. The van der Waals surface area contributed by atoms with Crippen LogP contribution in [0, 0.1) is 0 Å². The molecule has 2 rings (SSSR count). The molecule has 43 heavy (non-hydrogen) atoms. The molecule has 0 aromatic rings. The number of hydroxylamine groups is 4. The second-order valence-electron chi connectivity index (χ2n) is 16.1. The average molecular weight is 615 g/mol. The van der Waals surface area contributed by atoms with Crippen molar-refractivity contribution in [2.45, 2.75) is 179 Å². The minimum absolute atomic E-state index is 0.142. The van der Waals surface area contributed by atoms with Crippen molar-refractivity contribution in [1.82, 2.24) is 10.1 Å². The van der Waals surface area contributed by atoms with Crippen LogP contribution < -0.4 is 0 Å². The molecule has 0 aromatic carbocycles. The van der Waals surface area contributed by atoms with Gasteiger partial charge in [-0.15, -0.1) is 20.5 Å². The summed E-state index contributed by atoms with van der Waals surface area (Å²) in [7, 11) is 0. The molecule has 0 aromatic heterocycles. The zero-order valence-electron chi connectivity index (χ0n) is 29.2. The molecule has 2 aliphatic rings. The van der Waals surface area contributed by atoms with Crippen LogP contribution in [0.5, 0.6) is 0 Å². The van der Waals surface area contributed by atoms with Crippen molar-refractivity contribution in [2.24, 2.45) is 0 Å². The monoisotopic (exact) mass is 614 g/mol. The summed E-state index contributed by atoms with van der Waals surface area (Å²) in [6, 6.07) is 0. The van der Waals surface area contributed by atoms with Crippen LogP contribution in [-0.2, 0) is 29.4 Å². The highest BCUT2D eigenvalue weighted by Crippen LogP contribution is 2.39. The Morgan fingerprint density at radius 3 is 1.14 bits per heavy atom. The summed E-state index contributed by atoms with van der Waals surface area (Å²) in [6.07, 6.45) is 11.6. The molecule has 0 amide bonds. The fourth-order valence-corrected chi connectivity index (χ4v) is 7.02. The van der Waals surface area contributed by atoms with E-state index in [4.69, 9.17) is 18.9 Å². The van der Waals surface area contributed by atoms with E-state index in [1.165, 1.54) is 10.1 Å². The minimum atomic E-state index is -0.982. The van der Waals surface area contributed by atoms with Crippen LogP contribution in [0.2, 0.25) is 0 Å². The van der Waals surface area contributed by atoms with Crippen molar-refractivity contribution in [2.75, 3.05) is 39.6 Å². The van der Waals surface area contributed by atoms with Gasteiger partial charge in [0.2, 0.25) is 0 Å². The Morgan fingerprint density at radius 2 is 0.837 bits per heavy atom. The molecule has 1 N–H and O–H groups in total. The number of hydrogen-bond acceptors (Lipinski definition) is 7. The van der Waals surface area contributed by atoms with Crippen LogP contribution in [0.25, 0.3) is 0 Å².